The zero-order chi connectivity index (χ0) is 9.80. The van der Waals surface area contributed by atoms with E-state index in [4.69, 9.17) is 0 Å². The number of nitrogens with one attached hydrogen (secondary N) is 1. The summed E-state index contributed by atoms with van der Waals surface area (Å²) in [6.45, 7) is 3.98. The minimum absolute atomic E-state index is 0. The number of hydrogen-bond donors (Lipinski definition) is 1. The Balaban J connectivity index is 0.00000112. The molecule has 2 aliphatic heterocycles. The largest absolute Gasteiger partial charge is 1.00 e. The maximum absolute atomic E-state index is 12.0. The fourth-order valence-corrected chi connectivity index (χ4v) is 2.44. The van der Waals surface area contributed by atoms with Crippen LogP contribution in [0.25, 0.3) is 0 Å². The summed E-state index contributed by atoms with van der Waals surface area (Å²) < 4.78 is 0. The van der Waals surface area contributed by atoms with Gasteiger partial charge in [0, 0.05) is 19.6 Å². The molecule has 88 valence electrons. The third-order valence-corrected chi connectivity index (χ3v) is 3.31. The van der Waals surface area contributed by atoms with Gasteiger partial charge in [-0.2, -0.15) is 0 Å². The highest BCUT2D eigenvalue weighted by atomic mass is 35.5. The predicted molar refractivity (Wildman–Crippen MR) is 56.0 cm³/mol. The van der Waals surface area contributed by atoms with E-state index in [1.807, 2.05) is 0 Å². The van der Waals surface area contributed by atoms with E-state index in [9.17, 15) is 4.79 Å². The van der Waals surface area contributed by atoms with Gasteiger partial charge in [0.15, 0.2) is 0 Å². The first-order valence-electron chi connectivity index (χ1n) is 5.87. The Labute approximate surface area is 98.0 Å². The van der Waals surface area contributed by atoms with Crippen LogP contribution in [-0.2, 0) is 4.79 Å². The number of likely N-dealkylation sites (tertiary alicyclic amines) is 1. The number of hydrogen-bond acceptors (Lipinski definition) is 2. The van der Waals surface area contributed by atoms with Gasteiger partial charge < -0.3 is 22.6 Å². The summed E-state index contributed by atoms with van der Waals surface area (Å²) in [7, 11) is 0. The van der Waals surface area contributed by atoms with E-state index >= 15 is 0 Å². The van der Waals surface area contributed by atoms with Gasteiger partial charge in [0.2, 0.25) is 5.91 Å². The Hall–Kier alpha value is -0.280. The molecule has 0 bridgehead atoms. The highest BCUT2D eigenvalue weighted by Crippen LogP contribution is 2.17. The van der Waals surface area contributed by atoms with E-state index in [1.54, 1.807) is 0 Å². The van der Waals surface area contributed by atoms with Crippen LogP contribution in [-0.4, -0.2) is 37.0 Å². The van der Waals surface area contributed by atoms with E-state index in [0.29, 0.717) is 5.91 Å². The predicted octanol–water partition coefficient (Wildman–Crippen LogP) is -2.00. The molecule has 2 fully saturated rings. The first-order chi connectivity index (χ1) is 6.88. The van der Waals surface area contributed by atoms with Gasteiger partial charge in [-0.15, -0.1) is 0 Å². The molecular formula is C11H20ClN2O-. The average molecular weight is 232 g/mol. The van der Waals surface area contributed by atoms with Gasteiger partial charge in [-0.3, -0.25) is 4.79 Å². The minimum Gasteiger partial charge on any atom is -1.00 e. The Morgan fingerprint density at radius 3 is 2.47 bits per heavy atom. The molecule has 0 saturated carbocycles. The lowest BCUT2D eigenvalue weighted by Crippen LogP contribution is -3.00. The van der Waals surface area contributed by atoms with Crippen molar-refractivity contribution in [2.45, 2.75) is 32.1 Å². The summed E-state index contributed by atoms with van der Waals surface area (Å²) in [5, 5.41) is 3.31. The molecule has 0 aromatic rings. The van der Waals surface area contributed by atoms with Crippen LogP contribution in [0.5, 0.6) is 0 Å². The van der Waals surface area contributed by atoms with Crippen LogP contribution in [0, 0.1) is 5.92 Å². The van der Waals surface area contributed by atoms with Crippen LogP contribution < -0.4 is 17.7 Å². The van der Waals surface area contributed by atoms with Crippen LogP contribution in [0.3, 0.4) is 0 Å². The van der Waals surface area contributed by atoms with Gasteiger partial charge in [-0.05, 0) is 38.6 Å². The molecule has 15 heavy (non-hydrogen) atoms. The Morgan fingerprint density at radius 2 is 1.87 bits per heavy atom. The molecule has 2 aliphatic rings. The van der Waals surface area contributed by atoms with E-state index in [-0.39, 0.29) is 18.3 Å². The van der Waals surface area contributed by atoms with Crippen molar-refractivity contribution in [1.82, 2.24) is 10.2 Å². The third-order valence-electron chi connectivity index (χ3n) is 3.31. The zero-order valence-electron chi connectivity index (χ0n) is 9.17. The maximum atomic E-state index is 12.0. The normalized spacial score (nSPS) is 26.9. The third kappa shape index (κ3) is 3.35. The van der Waals surface area contributed by atoms with Crippen LogP contribution in [0.2, 0.25) is 0 Å². The van der Waals surface area contributed by atoms with Gasteiger partial charge in [0.1, 0.15) is 0 Å². The van der Waals surface area contributed by atoms with Crippen molar-refractivity contribution in [2.24, 2.45) is 5.92 Å². The maximum Gasteiger partial charge on any atom is 0.226 e. The van der Waals surface area contributed by atoms with E-state index in [1.165, 1.54) is 19.3 Å². The molecule has 3 nitrogen and oxygen atoms in total. The summed E-state index contributed by atoms with van der Waals surface area (Å²) in [5.74, 6) is 0.666. The van der Waals surface area contributed by atoms with Crippen LogP contribution in [0.1, 0.15) is 32.1 Å². The van der Waals surface area contributed by atoms with Crippen molar-refractivity contribution in [1.29, 1.82) is 0 Å². The molecule has 1 unspecified atom stereocenters. The molecule has 2 saturated heterocycles. The number of piperidine rings is 2. The summed E-state index contributed by atoms with van der Waals surface area (Å²) in [4.78, 5) is 14.1. The Kier molecular flexibility index (Phi) is 5.40. The second-order valence-electron chi connectivity index (χ2n) is 4.43. The molecule has 4 heteroatoms. The van der Waals surface area contributed by atoms with E-state index < -0.39 is 0 Å². The fourth-order valence-electron chi connectivity index (χ4n) is 2.44. The van der Waals surface area contributed by atoms with Crippen molar-refractivity contribution in [3.05, 3.63) is 0 Å². The number of amides is 1. The van der Waals surface area contributed by atoms with Gasteiger partial charge in [-0.25, -0.2) is 0 Å². The Bertz CT molecular complexity index is 179. The molecule has 0 aliphatic carbocycles. The molecule has 0 aromatic carbocycles. The van der Waals surface area contributed by atoms with Crippen LogP contribution in [0.4, 0.5) is 0 Å². The average Bonchev–Trinajstić information content (AvgIpc) is 2.30. The molecular weight excluding hydrogens is 212 g/mol. The highest BCUT2D eigenvalue weighted by Gasteiger charge is 2.26. The standard InChI is InChI=1S/C11H20N2O.ClH/c14-11(10-5-4-6-12-9-10)13-7-2-1-3-8-13;/h10,12H,1-9H2;1H/p-1. The summed E-state index contributed by atoms with van der Waals surface area (Å²) in [6.07, 6.45) is 5.94. The lowest BCUT2D eigenvalue weighted by molar-refractivity contribution is -0.136. The molecule has 0 spiro atoms. The number of nitrogens with zero attached hydrogens (tertiary/aromatic N) is 1. The summed E-state index contributed by atoms with van der Waals surface area (Å²) in [6, 6.07) is 0. The van der Waals surface area contributed by atoms with Gasteiger partial charge >= 0.3 is 0 Å². The Morgan fingerprint density at radius 1 is 1.13 bits per heavy atom. The molecule has 1 amide bonds. The monoisotopic (exact) mass is 231 g/mol. The van der Waals surface area contributed by atoms with Crippen LogP contribution >= 0.6 is 0 Å². The number of carbonyl (C=O) groups excluding carboxylic acids is 1. The summed E-state index contributed by atoms with van der Waals surface area (Å²) >= 11 is 0. The molecule has 1 N–H and O–H groups in total. The van der Waals surface area contributed by atoms with Gasteiger partial charge in [0.05, 0.1) is 5.92 Å². The first-order valence-corrected chi connectivity index (χ1v) is 5.87. The molecule has 2 heterocycles. The van der Waals surface area contributed by atoms with Gasteiger partial charge in [-0.1, -0.05) is 0 Å². The lowest BCUT2D eigenvalue weighted by atomic mass is 9.97. The molecule has 2 rings (SSSR count). The van der Waals surface area contributed by atoms with Crippen molar-refractivity contribution in [3.8, 4) is 0 Å². The van der Waals surface area contributed by atoms with Crippen molar-refractivity contribution in [2.75, 3.05) is 26.2 Å². The quantitative estimate of drug-likeness (QED) is 0.567. The van der Waals surface area contributed by atoms with Crippen molar-refractivity contribution >= 4 is 5.91 Å². The highest BCUT2D eigenvalue weighted by molar-refractivity contribution is 5.79. The topological polar surface area (TPSA) is 32.3 Å². The molecule has 1 atom stereocenters. The smallest absolute Gasteiger partial charge is 0.226 e. The second kappa shape index (κ2) is 6.33. The summed E-state index contributed by atoms with van der Waals surface area (Å²) in [5.41, 5.74) is 0. The van der Waals surface area contributed by atoms with E-state index in [2.05, 4.69) is 10.2 Å². The zero-order valence-corrected chi connectivity index (χ0v) is 9.93. The first kappa shape index (κ1) is 12.8. The fraction of sp³-hybridized carbons (Fsp3) is 0.909. The lowest BCUT2D eigenvalue weighted by Gasteiger charge is -2.32. The van der Waals surface area contributed by atoms with E-state index in [0.717, 1.165) is 39.0 Å². The minimum atomic E-state index is 0. The number of rotatable bonds is 1. The van der Waals surface area contributed by atoms with Crippen molar-refractivity contribution in [3.63, 3.8) is 0 Å². The number of halogens is 1. The van der Waals surface area contributed by atoms with Crippen LogP contribution in [0.15, 0.2) is 0 Å². The van der Waals surface area contributed by atoms with Gasteiger partial charge in [0.25, 0.3) is 0 Å². The molecule has 0 aromatic heterocycles. The van der Waals surface area contributed by atoms with Crippen molar-refractivity contribution < 1.29 is 17.2 Å². The molecule has 0 radical (unpaired) electrons. The SMILES string of the molecule is O=C(C1CCCNC1)N1CCCCC1.[Cl-]. The number of carbonyl (C=O) groups is 1. The second-order valence-corrected chi connectivity index (χ2v) is 4.43.